The van der Waals surface area contributed by atoms with Gasteiger partial charge in [0.2, 0.25) is 0 Å². The van der Waals surface area contributed by atoms with Crippen LogP contribution in [0.4, 0.5) is 4.79 Å². The predicted octanol–water partition coefficient (Wildman–Crippen LogP) is 5.03. The molecular formula is C25H21NO3. The summed E-state index contributed by atoms with van der Waals surface area (Å²) in [6.45, 7) is 4.44. The highest BCUT2D eigenvalue weighted by Crippen LogP contribution is 2.38. The first-order valence-electron chi connectivity index (χ1n) is 9.50. The normalized spacial score (nSPS) is 17.1. The monoisotopic (exact) mass is 383 g/mol. The summed E-state index contributed by atoms with van der Waals surface area (Å²) in [7, 11) is 0. The third kappa shape index (κ3) is 3.83. The van der Waals surface area contributed by atoms with Gasteiger partial charge in [-0.05, 0) is 22.3 Å². The second-order valence-corrected chi connectivity index (χ2v) is 6.99. The molecule has 1 saturated heterocycles. The number of hydrogen-bond acceptors (Lipinski definition) is 3. The van der Waals surface area contributed by atoms with Crippen LogP contribution < -0.4 is 0 Å². The van der Waals surface area contributed by atoms with Crippen molar-refractivity contribution in [3.63, 3.8) is 0 Å². The Morgan fingerprint density at radius 3 is 2.03 bits per heavy atom. The lowest BCUT2D eigenvalue weighted by atomic mass is 9.83. The van der Waals surface area contributed by atoms with Gasteiger partial charge in [0.25, 0.3) is 5.91 Å². The molecule has 144 valence electrons. The zero-order chi connectivity index (χ0) is 20.2. The molecule has 0 aromatic heterocycles. The molecule has 29 heavy (non-hydrogen) atoms. The fourth-order valence-electron chi connectivity index (χ4n) is 3.64. The van der Waals surface area contributed by atoms with E-state index >= 15 is 0 Å². The van der Waals surface area contributed by atoms with Gasteiger partial charge >= 0.3 is 6.09 Å². The van der Waals surface area contributed by atoms with E-state index in [4.69, 9.17) is 4.74 Å². The van der Waals surface area contributed by atoms with Crippen molar-refractivity contribution in [2.45, 2.75) is 18.6 Å². The second-order valence-electron chi connectivity index (χ2n) is 6.99. The molecule has 4 nitrogen and oxygen atoms in total. The van der Waals surface area contributed by atoms with Gasteiger partial charge in [0.1, 0.15) is 0 Å². The number of amides is 2. The molecule has 0 saturated carbocycles. The van der Waals surface area contributed by atoms with Gasteiger partial charge < -0.3 is 4.74 Å². The predicted molar refractivity (Wildman–Crippen MR) is 112 cm³/mol. The average molecular weight is 383 g/mol. The van der Waals surface area contributed by atoms with Crippen molar-refractivity contribution < 1.29 is 14.3 Å². The van der Waals surface area contributed by atoms with Gasteiger partial charge in [0, 0.05) is 0 Å². The third-order valence-corrected chi connectivity index (χ3v) is 5.12. The molecule has 4 rings (SSSR count). The standard InChI is InChI=1S/C25H21NO3/c1-18(20-13-7-3-8-14-20)22(21-15-9-4-10-16-21)23-24(27)26(25(28)29-23)17-19-11-5-2-6-12-19/h2-16,22-23H,1,17H2. The summed E-state index contributed by atoms with van der Waals surface area (Å²) >= 11 is 0. The molecular weight excluding hydrogens is 362 g/mol. The number of hydrogen-bond donors (Lipinski definition) is 0. The SMILES string of the molecule is C=C(c1ccccc1)C(c1ccccc1)C1OC(=O)N(Cc2ccccc2)C1=O. The van der Waals surface area contributed by atoms with Crippen LogP contribution in [0.5, 0.6) is 0 Å². The zero-order valence-corrected chi connectivity index (χ0v) is 15.9. The molecule has 0 aliphatic carbocycles. The Morgan fingerprint density at radius 2 is 1.41 bits per heavy atom. The van der Waals surface area contributed by atoms with Crippen LogP contribution in [0.25, 0.3) is 5.57 Å². The highest BCUT2D eigenvalue weighted by molar-refractivity contribution is 6.02. The number of carbonyl (C=O) groups is 2. The molecule has 3 aromatic rings. The zero-order valence-electron chi connectivity index (χ0n) is 15.9. The number of imide groups is 1. The maximum Gasteiger partial charge on any atom is 0.417 e. The highest BCUT2D eigenvalue weighted by Gasteiger charge is 2.46. The van der Waals surface area contributed by atoms with Crippen LogP contribution in [0.3, 0.4) is 0 Å². The topological polar surface area (TPSA) is 46.6 Å². The maximum atomic E-state index is 13.2. The second kappa shape index (κ2) is 8.15. The Balaban J connectivity index is 1.67. The molecule has 2 amide bonds. The van der Waals surface area contributed by atoms with Gasteiger partial charge in [-0.2, -0.15) is 0 Å². The third-order valence-electron chi connectivity index (χ3n) is 5.12. The molecule has 1 aliphatic heterocycles. The van der Waals surface area contributed by atoms with Crippen LogP contribution in [0.2, 0.25) is 0 Å². The number of benzene rings is 3. The van der Waals surface area contributed by atoms with E-state index in [0.717, 1.165) is 22.3 Å². The van der Waals surface area contributed by atoms with Crippen molar-refractivity contribution in [2.75, 3.05) is 0 Å². The number of rotatable bonds is 6. The minimum atomic E-state index is -0.943. The molecule has 1 heterocycles. The van der Waals surface area contributed by atoms with E-state index in [0.29, 0.717) is 0 Å². The van der Waals surface area contributed by atoms with Crippen molar-refractivity contribution in [3.8, 4) is 0 Å². The molecule has 1 fully saturated rings. The van der Waals surface area contributed by atoms with Crippen molar-refractivity contribution in [1.29, 1.82) is 0 Å². The number of nitrogens with zero attached hydrogens (tertiary/aromatic N) is 1. The average Bonchev–Trinajstić information content (AvgIpc) is 3.04. The molecule has 0 N–H and O–H groups in total. The van der Waals surface area contributed by atoms with E-state index in [1.165, 1.54) is 4.90 Å². The van der Waals surface area contributed by atoms with Crippen molar-refractivity contribution in [2.24, 2.45) is 0 Å². The lowest BCUT2D eigenvalue weighted by Crippen LogP contribution is -2.34. The van der Waals surface area contributed by atoms with Gasteiger partial charge in [0.05, 0.1) is 12.5 Å². The summed E-state index contributed by atoms with van der Waals surface area (Å²) < 4.78 is 5.59. The summed E-state index contributed by atoms with van der Waals surface area (Å²) in [6.07, 6.45) is -1.56. The Kier molecular flexibility index (Phi) is 5.25. The minimum Gasteiger partial charge on any atom is -0.435 e. The van der Waals surface area contributed by atoms with Crippen molar-refractivity contribution in [1.82, 2.24) is 4.90 Å². The van der Waals surface area contributed by atoms with Crippen molar-refractivity contribution >= 4 is 17.6 Å². The Labute approximate surface area is 170 Å². The van der Waals surface area contributed by atoms with E-state index in [9.17, 15) is 9.59 Å². The van der Waals surface area contributed by atoms with Crippen LogP contribution in [-0.2, 0) is 16.1 Å². The quantitative estimate of drug-likeness (QED) is 0.600. The van der Waals surface area contributed by atoms with E-state index in [2.05, 4.69) is 6.58 Å². The summed E-state index contributed by atoms with van der Waals surface area (Å²) in [6, 6.07) is 28.7. The first-order valence-corrected chi connectivity index (χ1v) is 9.50. The Bertz CT molecular complexity index is 1020. The smallest absolute Gasteiger partial charge is 0.417 e. The molecule has 0 radical (unpaired) electrons. The fraction of sp³-hybridized carbons (Fsp3) is 0.120. The lowest BCUT2D eigenvalue weighted by Gasteiger charge is -2.24. The molecule has 3 aromatic carbocycles. The molecule has 2 unspecified atom stereocenters. The van der Waals surface area contributed by atoms with Gasteiger partial charge in [0.15, 0.2) is 6.10 Å². The summed E-state index contributed by atoms with van der Waals surface area (Å²) in [5.41, 5.74) is 3.40. The minimum absolute atomic E-state index is 0.189. The Morgan fingerprint density at radius 1 is 0.862 bits per heavy atom. The van der Waals surface area contributed by atoms with Gasteiger partial charge in [-0.1, -0.05) is 97.6 Å². The van der Waals surface area contributed by atoms with E-state index in [1.807, 2.05) is 91.0 Å². The summed E-state index contributed by atoms with van der Waals surface area (Å²) in [5.74, 6) is -0.805. The first kappa shape index (κ1) is 18.7. The van der Waals surface area contributed by atoms with E-state index in [-0.39, 0.29) is 12.5 Å². The van der Waals surface area contributed by atoms with Crippen LogP contribution in [-0.4, -0.2) is 23.0 Å². The number of cyclic esters (lactones) is 1. The van der Waals surface area contributed by atoms with Crippen LogP contribution in [0, 0.1) is 0 Å². The van der Waals surface area contributed by atoms with Crippen LogP contribution >= 0.6 is 0 Å². The molecule has 4 heteroatoms. The molecule has 0 spiro atoms. The fourth-order valence-corrected chi connectivity index (χ4v) is 3.64. The van der Waals surface area contributed by atoms with Gasteiger partial charge in [-0.25, -0.2) is 9.69 Å². The molecule has 2 atom stereocenters. The van der Waals surface area contributed by atoms with Crippen LogP contribution in [0.15, 0.2) is 97.6 Å². The lowest BCUT2D eigenvalue weighted by molar-refractivity contribution is -0.130. The van der Waals surface area contributed by atoms with Gasteiger partial charge in [-0.3, -0.25) is 4.79 Å². The van der Waals surface area contributed by atoms with Gasteiger partial charge in [-0.15, -0.1) is 0 Å². The number of ether oxygens (including phenoxy) is 1. The largest absolute Gasteiger partial charge is 0.435 e. The van der Waals surface area contributed by atoms with Crippen molar-refractivity contribution in [3.05, 3.63) is 114 Å². The number of carbonyl (C=O) groups excluding carboxylic acids is 2. The maximum absolute atomic E-state index is 13.2. The first-order chi connectivity index (χ1) is 14.1. The summed E-state index contributed by atoms with van der Waals surface area (Å²) in [4.78, 5) is 26.9. The van der Waals surface area contributed by atoms with E-state index < -0.39 is 18.1 Å². The Hall–Kier alpha value is -3.66. The molecule has 0 bridgehead atoms. The molecule has 1 aliphatic rings. The van der Waals surface area contributed by atoms with E-state index in [1.54, 1.807) is 0 Å². The van der Waals surface area contributed by atoms with Crippen LogP contribution in [0.1, 0.15) is 22.6 Å². The highest BCUT2D eigenvalue weighted by atomic mass is 16.6. The summed E-state index contributed by atoms with van der Waals surface area (Å²) in [5, 5.41) is 0.